The lowest BCUT2D eigenvalue weighted by Gasteiger charge is -2.27. The molecule has 1 aromatic rings. The van der Waals surface area contributed by atoms with E-state index < -0.39 is 35.9 Å². The van der Waals surface area contributed by atoms with Crippen LogP contribution in [0.5, 0.6) is 5.75 Å². The predicted molar refractivity (Wildman–Crippen MR) is 67.7 cm³/mol. The van der Waals surface area contributed by atoms with Gasteiger partial charge in [-0.15, -0.1) is 0 Å². The number of primary amides is 2. The van der Waals surface area contributed by atoms with Gasteiger partial charge in [-0.1, -0.05) is 0 Å². The van der Waals surface area contributed by atoms with Gasteiger partial charge in [0, 0.05) is 12.5 Å². The minimum Gasteiger partial charge on any atom is -0.478 e. The Balaban J connectivity index is 2.14. The summed E-state index contributed by atoms with van der Waals surface area (Å²) in [4.78, 5) is 33.7. The van der Waals surface area contributed by atoms with E-state index in [1.165, 1.54) is 6.07 Å². The molecule has 3 amide bonds. The summed E-state index contributed by atoms with van der Waals surface area (Å²) in [6, 6.07) is 3.57. The van der Waals surface area contributed by atoms with Crippen molar-refractivity contribution in [1.29, 1.82) is 0 Å². The molecule has 8 nitrogen and oxygen atoms in total. The molecule has 5 N–H and O–H groups in total. The van der Waals surface area contributed by atoms with E-state index in [0.717, 1.165) is 12.1 Å². The Bertz CT molecular complexity index is 607. The van der Waals surface area contributed by atoms with Gasteiger partial charge in [-0.25, -0.2) is 9.18 Å². The van der Waals surface area contributed by atoms with Gasteiger partial charge in [0.05, 0.1) is 5.69 Å². The molecule has 0 radical (unpaired) electrons. The number of nitrogens with two attached hydrogens (primary N) is 2. The molecule has 1 aliphatic rings. The van der Waals surface area contributed by atoms with Gasteiger partial charge in [0.15, 0.2) is 12.2 Å². The summed E-state index contributed by atoms with van der Waals surface area (Å²) in [5, 5.41) is 2.42. The van der Waals surface area contributed by atoms with Gasteiger partial charge >= 0.3 is 6.09 Å². The highest BCUT2D eigenvalue weighted by Crippen LogP contribution is 2.31. The Morgan fingerprint density at radius 1 is 1.43 bits per heavy atom. The summed E-state index contributed by atoms with van der Waals surface area (Å²) in [6.45, 7) is 0. The number of halogens is 1. The van der Waals surface area contributed by atoms with Crippen LogP contribution >= 0.6 is 0 Å². The second-order valence-corrected chi connectivity index (χ2v) is 4.30. The lowest BCUT2D eigenvalue weighted by molar-refractivity contribution is -0.130. The molecule has 0 aliphatic carbocycles. The molecule has 0 saturated heterocycles. The van der Waals surface area contributed by atoms with E-state index >= 15 is 0 Å². The largest absolute Gasteiger partial charge is 0.478 e. The van der Waals surface area contributed by atoms with Gasteiger partial charge in [-0.3, -0.25) is 9.59 Å². The van der Waals surface area contributed by atoms with Gasteiger partial charge in [0.25, 0.3) is 11.8 Å². The highest BCUT2D eigenvalue weighted by atomic mass is 19.1. The molecular formula is C12H12FN3O5. The molecule has 0 bridgehead atoms. The van der Waals surface area contributed by atoms with Crippen molar-refractivity contribution in [3.8, 4) is 5.75 Å². The maximum Gasteiger partial charge on any atom is 0.405 e. The minimum absolute atomic E-state index is 0.169. The Morgan fingerprint density at radius 3 is 2.76 bits per heavy atom. The van der Waals surface area contributed by atoms with Crippen molar-refractivity contribution in [2.45, 2.75) is 18.6 Å². The summed E-state index contributed by atoms with van der Waals surface area (Å²) in [5.41, 5.74) is 10.0. The number of hydrogen-bond acceptors (Lipinski definition) is 5. The second kappa shape index (κ2) is 5.65. The molecule has 9 heteroatoms. The zero-order valence-corrected chi connectivity index (χ0v) is 10.7. The van der Waals surface area contributed by atoms with Crippen LogP contribution in [0.15, 0.2) is 18.2 Å². The first-order valence-electron chi connectivity index (χ1n) is 5.89. The Labute approximate surface area is 118 Å². The van der Waals surface area contributed by atoms with Crippen LogP contribution in [-0.2, 0) is 14.3 Å². The Hall–Kier alpha value is -2.84. The number of carbonyl (C=O) groups is 3. The van der Waals surface area contributed by atoms with Crippen LogP contribution in [0, 0.1) is 5.82 Å². The SMILES string of the molecule is NC(=O)OC(CC1Oc2ccc(F)cc2NC1=O)C(N)=O. The number of carbonyl (C=O) groups excluding carboxylic acids is 3. The number of anilines is 1. The van der Waals surface area contributed by atoms with Crippen molar-refractivity contribution >= 4 is 23.6 Å². The molecule has 0 saturated carbocycles. The molecule has 0 aromatic heterocycles. The molecule has 0 spiro atoms. The zero-order valence-electron chi connectivity index (χ0n) is 10.7. The van der Waals surface area contributed by atoms with E-state index in [0.29, 0.717) is 0 Å². The third-order valence-corrected chi connectivity index (χ3v) is 2.77. The lowest BCUT2D eigenvalue weighted by atomic mass is 10.1. The van der Waals surface area contributed by atoms with Crippen LogP contribution in [0.3, 0.4) is 0 Å². The first kappa shape index (κ1) is 14.6. The standard InChI is InChI=1S/C12H12FN3O5/c13-5-1-2-7-6(3-5)16-11(18)9(20-7)4-8(10(14)17)21-12(15)19/h1-3,8-9H,4H2,(H2,14,17)(H2,15,19)(H,16,18). The molecule has 2 rings (SSSR count). The highest BCUT2D eigenvalue weighted by Gasteiger charge is 2.33. The molecule has 1 aromatic carbocycles. The Kier molecular flexibility index (Phi) is 3.92. The van der Waals surface area contributed by atoms with Crippen molar-refractivity contribution < 1.29 is 28.2 Å². The fraction of sp³-hybridized carbons (Fsp3) is 0.250. The first-order chi connectivity index (χ1) is 9.86. The second-order valence-electron chi connectivity index (χ2n) is 4.30. The fourth-order valence-corrected chi connectivity index (χ4v) is 1.83. The molecule has 1 aliphatic heterocycles. The fourth-order valence-electron chi connectivity index (χ4n) is 1.83. The van der Waals surface area contributed by atoms with Gasteiger partial charge < -0.3 is 26.3 Å². The average molecular weight is 297 g/mol. The van der Waals surface area contributed by atoms with Crippen LogP contribution < -0.4 is 21.5 Å². The summed E-state index contributed by atoms with van der Waals surface area (Å²) >= 11 is 0. The maximum absolute atomic E-state index is 13.0. The van der Waals surface area contributed by atoms with Crippen molar-refractivity contribution in [1.82, 2.24) is 0 Å². The number of benzene rings is 1. The molecule has 2 unspecified atom stereocenters. The van der Waals surface area contributed by atoms with E-state index in [-0.39, 0.29) is 17.9 Å². The quantitative estimate of drug-likeness (QED) is 0.711. The topological polar surface area (TPSA) is 134 Å². The summed E-state index contributed by atoms with van der Waals surface area (Å²) < 4.78 is 22.9. The number of ether oxygens (including phenoxy) is 2. The molecule has 112 valence electrons. The highest BCUT2D eigenvalue weighted by molar-refractivity contribution is 5.98. The number of amides is 3. The predicted octanol–water partition coefficient (Wildman–Crippen LogP) is -0.135. The van der Waals surface area contributed by atoms with E-state index in [4.69, 9.17) is 16.2 Å². The molecule has 0 fully saturated rings. The lowest BCUT2D eigenvalue weighted by Crippen LogP contribution is -2.44. The normalized spacial score (nSPS) is 18.0. The zero-order chi connectivity index (χ0) is 15.6. The van der Waals surface area contributed by atoms with Crippen LogP contribution in [0.4, 0.5) is 14.9 Å². The van der Waals surface area contributed by atoms with Crippen LogP contribution in [0.2, 0.25) is 0 Å². The number of nitrogens with one attached hydrogen (secondary N) is 1. The van der Waals surface area contributed by atoms with Crippen molar-refractivity contribution in [3.05, 3.63) is 24.0 Å². The molecular weight excluding hydrogens is 285 g/mol. The molecule has 21 heavy (non-hydrogen) atoms. The van der Waals surface area contributed by atoms with E-state index in [9.17, 15) is 18.8 Å². The van der Waals surface area contributed by atoms with Gasteiger partial charge in [-0.2, -0.15) is 0 Å². The molecule has 2 atom stereocenters. The van der Waals surface area contributed by atoms with E-state index in [1.54, 1.807) is 0 Å². The van der Waals surface area contributed by atoms with Gasteiger partial charge in [0.1, 0.15) is 11.6 Å². The van der Waals surface area contributed by atoms with Crippen molar-refractivity contribution in [2.75, 3.05) is 5.32 Å². The van der Waals surface area contributed by atoms with Crippen LogP contribution in [0.1, 0.15) is 6.42 Å². The average Bonchev–Trinajstić information content (AvgIpc) is 2.38. The maximum atomic E-state index is 13.0. The Morgan fingerprint density at radius 2 is 2.14 bits per heavy atom. The minimum atomic E-state index is -1.40. The summed E-state index contributed by atoms with van der Waals surface area (Å²) in [5.74, 6) is -1.89. The van der Waals surface area contributed by atoms with E-state index in [1.807, 2.05) is 0 Å². The van der Waals surface area contributed by atoms with Gasteiger partial charge in [0.2, 0.25) is 0 Å². The summed E-state index contributed by atoms with van der Waals surface area (Å²) in [6.07, 6.45) is -4.03. The van der Waals surface area contributed by atoms with Crippen LogP contribution in [0.25, 0.3) is 0 Å². The smallest absolute Gasteiger partial charge is 0.405 e. The number of hydrogen-bond donors (Lipinski definition) is 3. The number of rotatable bonds is 4. The van der Waals surface area contributed by atoms with Crippen molar-refractivity contribution in [3.63, 3.8) is 0 Å². The van der Waals surface area contributed by atoms with E-state index in [2.05, 4.69) is 10.1 Å². The first-order valence-corrected chi connectivity index (χ1v) is 5.89. The van der Waals surface area contributed by atoms with Crippen LogP contribution in [-0.4, -0.2) is 30.1 Å². The van der Waals surface area contributed by atoms with Gasteiger partial charge in [-0.05, 0) is 12.1 Å². The number of fused-ring (bicyclic) bond motifs is 1. The van der Waals surface area contributed by atoms with Crippen molar-refractivity contribution in [2.24, 2.45) is 11.5 Å². The summed E-state index contributed by atoms with van der Waals surface area (Å²) in [7, 11) is 0. The third kappa shape index (κ3) is 3.38. The monoisotopic (exact) mass is 297 g/mol. The third-order valence-electron chi connectivity index (χ3n) is 2.77. The molecule has 1 heterocycles.